The van der Waals surface area contributed by atoms with Crippen LogP contribution >= 0.6 is 0 Å². The lowest BCUT2D eigenvalue weighted by Gasteiger charge is -2.28. The molecule has 0 fully saturated rings. The van der Waals surface area contributed by atoms with E-state index in [-0.39, 0.29) is 0 Å². The van der Waals surface area contributed by atoms with Gasteiger partial charge in [-0.05, 0) is 97.4 Å². The molecule has 0 aliphatic carbocycles. The van der Waals surface area contributed by atoms with Crippen molar-refractivity contribution in [2.45, 2.75) is 0 Å². The topological polar surface area (TPSA) is 16.4 Å². The molecule has 9 aromatic carbocycles. The average molecular weight is 612 g/mol. The molecule has 0 spiro atoms. The Morgan fingerprint density at radius 1 is 0.312 bits per heavy atom. The van der Waals surface area contributed by atoms with Gasteiger partial charge in [0.25, 0.3) is 0 Å². The third kappa shape index (κ3) is 4.20. The van der Waals surface area contributed by atoms with Crippen LogP contribution in [-0.2, 0) is 0 Å². The van der Waals surface area contributed by atoms with E-state index in [1.54, 1.807) is 0 Å². The summed E-state index contributed by atoms with van der Waals surface area (Å²) in [6, 6.07) is 63.5. The summed E-state index contributed by atoms with van der Waals surface area (Å²) in [6.07, 6.45) is 0. The predicted molar refractivity (Wildman–Crippen MR) is 204 cm³/mol. The van der Waals surface area contributed by atoms with Crippen LogP contribution in [0.1, 0.15) is 0 Å². The van der Waals surface area contributed by atoms with Crippen LogP contribution in [0.4, 0.5) is 17.1 Å². The Bertz CT molecular complexity index is 2830. The van der Waals surface area contributed by atoms with Crippen molar-refractivity contribution in [2.24, 2.45) is 0 Å². The van der Waals surface area contributed by atoms with Crippen molar-refractivity contribution >= 4 is 82.1 Å². The molecule has 1 aromatic heterocycles. The van der Waals surface area contributed by atoms with Gasteiger partial charge in [-0.25, -0.2) is 0 Å². The summed E-state index contributed by atoms with van der Waals surface area (Å²) in [6.45, 7) is 0. The largest absolute Gasteiger partial charge is 0.456 e. The number of para-hydroxylation sites is 1. The average Bonchev–Trinajstić information content (AvgIpc) is 3.52. The first-order valence-electron chi connectivity index (χ1n) is 16.4. The molecule has 0 aliphatic heterocycles. The number of hydrogen-bond acceptors (Lipinski definition) is 2. The van der Waals surface area contributed by atoms with Gasteiger partial charge in [-0.1, -0.05) is 127 Å². The van der Waals surface area contributed by atoms with Crippen molar-refractivity contribution < 1.29 is 4.42 Å². The molecule has 0 aliphatic rings. The maximum absolute atomic E-state index is 6.21. The fourth-order valence-corrected chi connectivity index (χ4v) is 7.49. The van der Waals surface area contributed by atoms with Gasteiger partial charge in [0.05, 0.1) is 5.69 Å². The molecular formula is C46H29NO. The number of nitrogens with zero attached hydrogens (tertiary/aromatic N) is 1. The molecule has 0 saturated heterocycles. The third-order valence-electron chi connectivity index (χ3n) is 9.81. The zero-order valence-corrected chi connectivity index (χ0v) is 26.1. The van der Waals surface area contributed by atoms with E-state index in [0.29, 0.717) is 0 Å². The second-order valence-electron chi connectivity index (χ2n) is 12.5. The Kier molecular flexibility index (Phi) is 5.91. The van der Waals surface area contributed by atoms with Gasteiger partial charge in [0.2, 0.25) is 0 Å². The van der Waals surface area contributed by atoms with Crippen LogP contribution in [0.5, 0.6) is 0 Å². The summed E-state index contributed by atoms with van der Waals surface area (Å²) in [5.41, 5.74) is 7.64. The van der Waals surface area contributed by atoms with Crippen LogP contribution in [0.2, 0.25) is 0 Å². The second kappa shape index (κ2) is 10.6. The number of rotatable bonds is 4. The van der Waals surface area contributed by atoms with Gasteiger partial charge in [-0.15, -0.1) is 0 Å². The van der Waals surface area contributed by atoms with Crippen molar-refractivity contribution in [2.75, 3.05) is 4.90 Å². The minimum absolute atomic E-state index is 0.922. The lowest BCUT2D eigenvalue weighted by atomic mass is 9.98. The number of fused-ring (bicyclic) bond motifs is 9. The number of hydrogen-bond donors (Lipinski definition) is 0. The van der Waals surface area contributed by atoms with Gasteiger partial charge in [0, 0.05) is 27.5 Å². The molecule has 0 amide bonds. The van der Waals surface area contributed by atoms with Crippen molar-refractivity contribution in [3.63, 3.8) is 0 Å². The fraction of sp³-hybridized carbons (Fsp3) is 0. The zero-order valence-electron chi connectivity index (χ0n) is 26.1. The molecule has 48 heavy (non-hydrogen) atoms. The zero-order chi connectivity index (χ0) is 31.6. The van der Waals surface area contributed by atoms with E-state index in [1.807, 2.05) is 12.1 Å². The first-order chi connectivity index (χ1) is 23.8. The van der Waals surface area contributed by atoms with Gasteiger partial charge in [0.15, 0.2) is 0 Å². The summed E-state index contributed by atoms with van der Waals surface area (Å²) < 4.78 is 6.21. The molecular weight excluding hydrogens is 583 g/mol. The van der Waals surface area contributed by atoms with E-state index in [2.05, 4.69) is 169 Å². The molecule has 0 radical (unpaired) electrons. The number of benzene rings is 9. The normalized spacial score (nSPS) is 11.8. The molecule has 1 heterocycles. The highest BCUT2D eigenvalue weighted by molar-refractivity contribution is 6.17. The van der Waals surface area contributed by atoms with Crippen LogP contribution in [0.3, 0.4) is 0 Å². The predicted octanol–water partition coefficient (Wildman–Crippen LogP) is 13.3. The monoisotopic (exact) mass is 611 g/mol. The summed E-state index contributed by atoms with van der Waals surface area (Å²) >= 11 is 0. The molecule has 2 nitrogen and oxygen atoms in total. The van der Waals surface area contributed by atoms with Gasteiger partial charge in [-0.3, -0.25) is 0 Å². The fourth-order valence-electron chi connectivity index (χ4n) is 7.49. The van der Waals surface area contributed by atoms with Crippen LogP contribution in [0, 0.1) is 0 Å². The summed E-state index contributed by atoms with van der Waals surface area (Å²) in [4.78, 5) is 2.41. The van der Waals surface area contributed by atoms with E-state index >= 15 is 0 Å². The summed E-state index contributed by atoms with van der Waals surface area (Å²) in [5, 5.41) is 12.1. The van der Waals surface area contributed by atoms with Crippen LogP contribution < -0.4 is 4.90 Å². The number of anilines is 3. The van der Waals surface area contributed by atoms with E-state index in [1.165, 1.54) is 54.2 Å². The Morgan fingerprint density at radius 3 is 1.83 bits per heavy atom. The van der Waals surface area contributed by atoms with Gasteiger partial charge >= 0.3 is 0 Å². The van der Waals surface area contributed by atoms with Gasteiger partial charge in [-0.2, -0.15) is 0 Å². The maximum atomic E-state index is 6.21. The quantitative estimate of drug-likeness (QED) is 0.184. The molecule has 0 saturated carbocycles. The first-order valence-corrected chi connectivity index (χ1v) is 16.4. The van der Waals surface area contributed by atoms with Crippen LogP contribution in [-0.4, -0.2) is 0 Å². The highest BCUT2D eigenvalue weighted by Crippen LogP contribution is 2.43. The third-order valence-corrected chi connectivity index (χ3v) is 9.81. The summed E-state index contributed by atoms with van der Waals surface area (Å²) in [5.74, 6) is 0. The van der Waals surface area contributed by atoms with Crippen molar-refractivity contribution in [3.05, 3.63) is 176 Å². The number of furan rings is 1. The standard InChI is InChI=1S/C46H29NO/c1-2-9-30(10-3-1)31-19-22-35(23-20-31)47(44-15-8-14-39-37-12-5-4-11-32(37)21-25-40(39)44)36-24-26-38-33(27-36)17-18-34-28-46-43(29-42(34)38)41-13-6-7-16-45(41)48-46/h1-29H. The molecule has 0 unspecified atom stereocenters. The molecule has 224 valence electrons. The molecule has 0 atom stereocenters. The Morgan fingerprint density at radius 2 is 0.958 bits per heavy atom. The van der Waals surface area contributed by atoms with Gasteiger partial charge in [0.1, 0.15) is 11.2 Å². The van der Waals surface area contributed by atoms with Gasteiger partial charge < -0.3 is 9.32 Å². The van der Waals surface area contributed by atoms with E-state index < -0.39 is 0 Å². The minimum Gasteiger partial charge on any atom is -0.456 e. The van der Waals surface area contributed by atoms with Crippen molar-refractivity contribution in [3.8, 4) is 11.1 Å². The lowest BCUT2D eigenvalue weighted by Crippen LogP contribution is -2.10. The smallest absolute Gasteiger partial charge is 0.136 e. The van der Waals surface area contributed by atoms with Crippen LogP contribution in [0.15, 0.2) is 180 Å². The molecule has 2 heteroatoms. The molecule has 0 N–H and O–H groups in total. The maximum Gasteiger partial charge on any atom is 0.136 e. The minimum atomic E-state index is 0.922. The molecule has 10 rings (SSSR count). The Balaban J connectivity index is 1.18. The Labute approximate surface area is 277 Å². The van der Waals surface area contributed by atoms with Crippen LogP contribution in [0.25, 0.3) is 76.2 Å². The van der Waals surface area contributed by atoms with E-state index in [9.17, 15) is 0 Å². The molecule has 10 aromatic rings. The van der Waals surface area contributed by atoms with Crippen molar-refractivity contribution in [1.82, 2.24) is 0 Å². The molecule has 0 bridgehead atoms. The lowest BCUT2D eigenvalue weighted by molar-refractivity contribution is 0.669. The second-order valence-corrected chi connectivity index (χ2v) is 12.5. The Hall–Kier alpha value is -6.38. The summed E-state index contributed by atoms with van der Waals surface area (Å²) in [7, 11) is 0. The van der Waals surface area contributed by atoms with E-state index in [4.69, 9.17) is 4.42 Å². The van der Waals surface area contributed by atoms with Crippen molar-refractivity contribution in [1.29, 1.82) is 0 Å². The van der Waals surface area contributed by atoms with E-state index in [0.717, 1.165) is 39.0 Å². The highest BCUT2D eigenvalue weighted by atomic mass is 16.3. The first kappa shape index (κ1) is 26.8. The SMILES string of the molecule is c1ccc(-c2ccc(N(c3ccc4c(ccc5cc6oc7ccccc7c6cc54)c3)c3cccc4c3ccc3ccccc34)cc2)cc1. The highest BCUT2D eigenvalue weighted by Gasteiger charge is 2.18.